The van der Waals surface area contributed by atoms with Gasteiger partial charge in [-0.25, -0.2) is 19.7 Å². The summed E-state index contributed by atoms with van der Waals surface area (Å²) in [6.07, 6.45) is 0.410. The van der Waals surface area contributed by atoms with E-state index in [1.54, 1.807) is 46.3 Å². The van der Waals surface area contributed by atoms with E-state index in [1.165, 1.54) is 9.47 Å². The Bertz CT molecular complexity index is 1820. The number of nitrogens with zero attached hydrogens (tertiary/aromatic N) is 8. The van der Waals surface area contributed by atoms with E-state index in [2.05, 4.69) is 19.9 Å². The van der Waals surface area contributed by atoms with Crippen LogP contribution in [0.25, 0.3) is 22.6 Å². The van der Waals surface area contributed by atoms with Gasteiger partial charge in [0.15, 0.2) is 5.69 Å². The van der Waals surface area contributed by atoms with E-state index in [4.69, 9.17) is 14.6 Å². The van der Waals surface area contributed by atoms with E-state index >= 15 is 0 Å². The van der Waals surface area contributed by atoms with Gasteiger partial charge in [-0.3, -0.25) is 4.68 Å². The van der Waals surface area contributed by atoms with Crippen molar-refractivity contribution in [1.29, 1.82) is 0 Å². The van der Waals surface area contributed by atoms with E-state index in [-0.39, 0.29) is 25.0 Å². The zero-order chi connectivity index (χ0) is 33.2. The van der Waals surface area contributed by atoms with E-state index in [0.29, 0.717) is 23.9 Å². The van der Waals surface area contributed by atoms with Crippen LogP contribution in [-0.4, -0.2) is 72.6 Å². The van der Waals surface area contributed by atoms with Crippen LogP contribution in [0.2, 0.25) is 0 Å². The molecule has 0 N–H and O–H groups in total. The Morgan fingerprint density at radius 1 is 1.04 bits per heavy atom. The van der Waals surface area contributed by atoms with Crippen LogP contribution in [0.1, 0.15) is 68.2 Å². The highest BCUT2D eigenvalue weighted by atomic mass is 19.4. The summed E-state index contributed by atoms with van der Waals surface area (Å²) in [4.78, 5) is 29.2. The Labute approximate surface area is 270 Å². The highest BCUT2D eigenvalue weighted by Gasteiger charge is 2.40. The van der Waals surface area contributed by atoms with E-state index < -0.39 is 23.6 Å². The Balaban J connectivity index is 1.15. The van der Waals surface area contributed by atoms with Gasteiger partial charge >= 0.3 is 12.3 Å². The first-order valence-electron chi connectivity index (χ1n) is 15.7. The first kappa shape index (κ1) is 31.0. The van der Waals surface area contributed by atoms with Crippen molar-refractivity contribution in [3.8, 4) is 28.5 Å². The third-order valence-electron chi connectivity index (χ3n) is 8.90. The third kappa shape index (κ3) is 5.89. The summed E-state index contributed by atoms with van der Waals surface area (Å²) < 4.78 is 55.9. The molecular weight excluding hydrogens is 613 g/mol. The van der Waals surface area contributed by atoms with Crippen LogP contribution in [0.15, 0.2) is 36.8 Å². The standard InChI is InChI=1S/C33H37F3N8O3/c1-32(2,3)47-31(45)43-14-22(15-43)44-17-25(33(34,35)36)39-29(44)20-8-10-21(11-9-20)42-13-12-24-23(16-42)28(40-41(24)4)26-27(19-6-7-19)37-18-38-30(26)46-5/h8-11,17-19,22H,6-7,12-16H2,1-5H3. The van der Waals surface area contributed by atoms with Gasteiger partial charge in [0.25, 0.3) is 0 Å². The maximum Gasteiger partial charge on any atom is 0.434 e. The molecule has 2 aliphatic heterocycles. The molecule has 2 fully saturated rings. The number of fused-ring (bicyclic) bond motifs is 1. The number of hydrogen-bond acceptors (Lipinski definition) is 8. The number of benzene rings is 1. The summed E-state index contributed by atoms with van der Waals surface area (Å²) in [5, 5.41) is 4.91. The monoisotopic (exact) mass is 650 g/mol. The SMILES string of the molecule is COc1ncnc(C2CC2)c1-c1nn(C)c2c1CN(c1ccc(-c3nc(C(F)(F)F)cn3C3CN(C(=O)OC(C)(C)C)C3)cc1)CC2. The molecular formula is C33H37F3N8O3. The summed E-state index contributed by atoms with van der Waals surface area (Å²) in [6, 6.07) is 7.08. The minimum Gasteiger partial charge on any atom is -0.480 e. The molecule has 0 spiro atoms. The summed E-state index contributed by atoms with van der Waals surface area (Å²) in [6.45, 7) is 7.12. The number of alkyl halides is 3. The smallest absolute Gasteiger partial charge is 0.434 e. The van der Waals surface area contributed by atoms with E-state index in [1.807, 2.05) is 23.9 Å². The largest absolute Gasteiger partial charge is 0.480 e. The molecule has 47 heavy (non-hydrogen) atoms. The number of hydrogen-bond donors (Lipinski definition) is 0. The lowest BCUT2D eigenvalue weighted by Gasteiger charge is -2.40. The molecule has 14 heteroatoms. The molecule has 0 radical (unpaired) electrons. The van der Waals surface area contributed by atoms with Crippen LogP contribution in [0.3, 0.4) is 0 Å². The highest BCUT2D eigenvalue weighted by Crippen LogP contribution is 2.47. The lowest BCUT2D eigenvalue weighted by molar-refractivity contribution is -0.141. The number of aryl methyl sites for hydroxylation is 1. The number of rotatable bonds is 6. The minimum absolute atomic E-state index is 0.206. The molecule has 1 aromatic carbocycles. The fourth-order valence-electron chi connectivity index (χ4n) is 6.39. The average molecular weight is 651 g/mol. The molecule has 5 heterocycles. The third-order valence-corrected chi connectivity index (χ3v) is 8.90. The maximum atomic E-state index is 13.8. The van der Waals surface area contributed by atoms with Crippen molar-refractivity contribution in [1.82, 2.24) is 34.2 Å². The van der Waals surface area contributed by atoms with Gasteiger partial charge in [0, 0.05) is 74.3 Å². The molecule has 0 unspecified atom stereocenters. The number of anilines is 1. The lowest BCUT2D eigenvalue weighted by Crippen LogP contribution is -2.52. The molecule has 1 saturated carbocycles. The summed E-state index contributed by atoms with van der Waals surface area (Å²) in [5.74, 6) is 1.09. The fraction of sp³-hybridized carbons (Fsp3) is 0.485. The molecule has 0 bridgehead atoms. The number of carbonyl (C=O) groups excluding carboxylic acids is 1. The number of amides is 1. The van der Waals surface area contributed by atoms with Gasteiger partial charge in [0.1, 0.15) is 23.4 Å². The number of likely N-dealkylation sites (tertiary alicyclic amines) is 1. The van der Waals surface area contributed by atoms with Crippen LogP contribution in [0.4, 0.5) is 23.7 Å². The van der Waals surface area contributed by atoms with Gasteiger partial charge in [-0.1, -0.05) is 0 Å². The number of carbonyl (C=O) groups is 1. The number of imidazole rings is 1. The normalized spacial score (nSPS) is 17.0. The zero-order valence-electron chi connectivity index (χ0n) is 27.0. The molecule has 1 amide bonds. The summed E-state index contributed by atoms with van der Waals surface area (Å²) in [5.41, 5.74) is 4.72. The quantitative estimate of drug-likeness (QED) is 0.251. The Kier molecular flexibility index (Phi) is 7.43. The fourth-order valence-corrected chi connectivity index (χ4v) is 6.39. The average Bonchev–Trinajstić information content (AvgIpc) is 3.66. The number of aromatic nitrogens is 6. The second-order valence-electron chi connectivity index (χ2n) is 13.4. The van der Waals surface area contributed by atoms with Crippen molar-refractivity contribution in [3.63, 3.8) is 0 Å². The van der Waals surface area contributed by atoms with Crippen molar-refractivity contribution in [2.75, 3.05) is 31.6 Å². The van der Waals surface area contributed by atoms with Crippen molar-refractivity contribution in [2.45, 2.75) is 70.3 Å². The number of halogens is 3. The molecule has 4 aromatic rings. The van der Waals surface area contributed by atoms with Crippen molar-refractivity contribution in [2.24, 2.45) is 7.05 Å². The first-order valence-corrected chi connectivity index (χ1v) is 15.7. The predicted octanol–water partition coefficient (Wildman–Crippen LogP) is 6.00. The maximum absolute atomic E-state index is 13.8. The van der Waals surface area contributed by atoms with Crippen molar-refractivity contribution < 1.29 is 27.4 Å². The van der Waals surface area contributed by atoms with Gasteiger partial charge in [0.05, 0.1) is 24.4 Å². The second kappa shape index (κ2) is 11.3. The molecule has 3 aromatic heterocycles. The summed E-state index contributed by atoms with van der Waals surface area (Å²) in [7, 11) is 3.56. The van der Waals surface area contributed by atoms with Gasteiger partial charge < -0.3 is 23.8 Å². The minimum atomic E-state index is -4.60. The van der Waals surface area contributed by atoms with Gasteiger partial charge in [-0.05, 0) is 57.9 Å². The molecule has 1 saturated heterocycles. The molecule has 0 atom stereocenters. The van der Waals surface area contributed by atoms with Crippen LogP contribution >= 0.6 is 0 Å². The van der Waals surface area contributed by atoms with Crippen LogP contribution < -0.4 is 9.64 Å². The van der Waals surface area contributed by atoms with Gasteiger partial charge in [-0.15, -0.1) is 0 Å². The summed E-state index contributed by atoms with van der Waals surface area (Å²) >= 11 is 0. The highest BCUT2D eigenvalue weighted by molar-refractivity contribution is 5.74. The zero-order valence-corrected chi connectivity index (χ0v) is 27.0. The number of ether oxygens (including phenoxy) is 2. The molecule has 3 aliphatic rings. The van der Waals surface area contributed by atoms with Crippen molar-refractivity contribution in [3.05, 3.63) is 59.4 Å². The Hall–Kier alpha value is -4.62. The first-order chi connectivity index (χ1) is 22.3. The predicted molar refractivity (Wildman–Crippen MR) is 167 cm³/mol. The Morgan fingerprint density at radius 3 is 2.40 bits per heavy atom. The molecule has 1 aliphatic carbocycles. The molecule has 11 nitrogen and oxygen atoms in total. The van der Waals surface area contributed by atoms with E-state index in [0.717, 1.165) is 65.9 Å². The second-order valence-corrected chi connectivity index (χ2v) is 13.4. The van der Waals surface area contributed by atoms with Crippen LogP contribution in [0, 0.1) is 0 Å². The van der Waals surface area contributed by atoms with Crippen LogP contribution in [0.5, 0.6) is 5.88 Å². The van der Waals surface area contributed by atoms with Gasteiger partial charge in [-0.2, -0.15) is 18.3 Å². The molecule has 7 rings (SSSR count). The topological polar surface area (TPSA) is 103 Å². The Morgan fingerprint density at radius 2 is 1.77 bits per heavy atom. The van der Waals surface area contributed by atoms with E-state index in [9.17, 15) is 18.0 Å². The van der Waals surface area contributed by atoms with Crippen LogP contribution in [-0.2, 0) is 30.9 Å². The number of methoxy groups -OCH3 is 1. The van der Waals surface area contributed by atoms with Gasteiger partial charge in [0.2, 0.25) is 5.88 Å². The molecule has 248 valence electrons. The van der Waals surface area contributed by atoms with Crippen molar-refractivity contribution >= 4 is 11.8 Å². The lowest BCUT2D eigenvalue weighted by atomic mass is 9.98.